The molecule has 9 nitrogen and oxygen atoms in total. The third-order valence-electron chi connectivity index (χ3n) is 5.32. The molecule has 6 N–H and O–H groups in total. The van der Waals surface area contributed by atoms with Gasteiger partial charge in [0.25, 0.3) is 0 Å². The number of aliphatic hydroxyl groups excluding tert-OH is 3. The lowest BCUT2D eigenvalue weighted by Gasteiger charge is -2.39. The van der Waals surface area contributed by atoms with Gasteiger partial charge >= 0.3 is 6.03 Å². The maximum absolute atomic E-state index is 14.7. The largest absolute Gasteiger partial charge is 0.394 e. The van der Waals surface area contributed by atoms with Crippen LogP contribution in [0.3, 0.4) is 0 Å². The molecule has 1 saturated carbocycles. The van der Waals surface area contributed by atoms with Gasteiger partial charge in [-0.25, -0.2) is 9.18 Å². The first-order valence-electron chi connectivity index (χ1n) is 8.73. The molecule has 0 spiro atoms. The van der Waals surface area contributed by atoms with E-state index in [1.807, 2.05) is 0 Å². The Bertz CT molecular complexity index is 611. The molecule has 5 atom stereocenters. The van der Waals surface area contributed by atoms with E-state index >= 15 is 0 Å². The molecule has 0 aromatic carbocycles. The number of nitrogens with one attached hydrogen (secondary N) is 1. The third-order valence-corrected chi connectivity index (χ3v) is 5.32. The molecule has 146 valence electrons. The molecular formula is C16H24FN3O6. The Morgan fingerprint density at radius 3 is 2.58 bits per heavy atom. The monoisotopic (exact) mass is 373 g/mol. The number of hydrogen-bond donors (Lipinski definition) is 5. The van der Waals surface area contributed by atoms with Crippen LogP contribution in [-0.4, -0.2) is 68.8 Å². The van der Waals surface area contributed by atoms with Crippen LogP contribution in [0.4, 0.5) is 9.18 Å². The molecule has 0 aromatic heterocycles. The van der Waals surface area contributed by atoms with Gasteiger partial charge in [-0.3, -0.25) is 15.4 Å². The number of ketones is 1. The predicted octanol–water partition coefficient (Wildman–Crippen LogP) is -0.934. The number of nitrogens with two attached hydrogens (primary N) is 1. The van der Waals surface area contributed by atoms with Crippen LogP contribution in [-0.2, 0) is 9.53 Å². The maximum Gasteiger partial charge on any atom is 0.325 e. The molecule has 2 aliphatic heterocycles. The van der Waals surface area contributed by atoms with Crippen molar-refractivity contribution in [3.8, 4) is 0 Å². The molecule has 0 radical (unpaired) electrons. The zero-order valence-corrected chi connectivity index (χ0v) is 14.2. The van der Waals surface area contributed by atoms with Gasteiger partial charge in [0.15, 0.2) is 17.8 Å². The van der Waals surface area contributed by atoms with E-state index in [2.05, 4.69) is 5.32 Å². The fourth-order valence-corrected chi connectivity index (χ4v) is 3.74. The molecule has 3 rings (SSSR count). The number of carbonyl (C=O) groups is 2. The standard InChI is InChI=1S/C16H24FN3O6/c17-10-6-20(14-12(23)11(22)9(7-21)26-14)15(25)19-16(10,18)13(24)8-4-2-1-3-5-8/h6,8-9,11-12,14,21-23H,1-5,7,18H2,(H,19,25)/t9-,11-,12-,14-,16?/m1/s1. The lowest BCUT2D eigenvalue weighted by Crippen LogP contribution is -2.69. The van der Waals surface area contributed by atoms with Crippen molar-refractivity contribution in [3.63, 3.8) is 0 Å². The van der Waals surface area contributed by atoms with E-state index in [0.717, 1.165) is 19.3 Å². The second kappa shape index (κ2) is 7.20. The van der Waals surface area contributed by atoms with Crippen molar-refractivity contribution in [2.24, 2.45) is 11.7 Å². The minimum absolute atomic E-state index is 0.423. The molecule has 3 aliphatic rings. The minimum atomic E-state index is -2.26. The smallest absolute Gasteiger partial charge is 0.325 e. The summed E-state index contributed by atoms with van der Waals surface area (Å²) in [4.78, 5) is 25.8. The molecule has 2 fully saturated rings. The molecule has 0 bridgehead atoms. The quantitative estimate of drug-likeness (QED) is 0.428. The fraction of sp³-hybridized carbons (Fsp3) is 0.750. The van der Waals surface area contributed by atoms with Crippen LogP contribution < -0.4 is 11.1 Å². The summed E-state index contributed by atoms with van der Waals surface area (Å²) in [6, 6.07) is -0.937. The Morgan fingerprint density at radius 1 is 1.35 bits per heavy atom. The van der Waals surface area contributed by atoms with Crippen molar-refractivity contribution in [1.29, 1.82) is 0 Å². The van der Waals surface area contributed by atoms with Crippen LogP contribution in [0.15, 0.2) is 12.0 Å². The Balaban J connectivity index is 1.81. The molecule has 1 saturated heterocycles. The van der Waals surface area contributed by atoms with Crippen molar-refractivity contribution < 1.29 is 34.0 Å². The zero-order valence-electron chi connectivity index (χ0n) is 14.2. The SMILES string of the molecule is NC1(C(=O)C2CCCCC2)NC(=O)N([C@@H]2O[C@H](CO)[C@@H](O)[C@H]2O)C=C1F. The lowest BCUT2D eigenvalue weighted by molar-refractivity contribution is -0.130. The highest BCUT2D eigenvalue weighted by Gasteiger charge is 2.52. The molecule has 1 aliphatic carbocycles. The number of rotatable bonds is 4. The summed E-state index contributed by atoms with van der Waals surface area (Å²) in [7, 11) is 0. The number of hydrogen-bond acceptors (Lipinski definition) is 7. The Kier molecular flexibility index (Phi) is 5.31. The van der Waals surface area contributed by atoms with E-state index in [9.17, 15) is 24.2 Å². The normalized spacial score (nSPS) is 38.9. The molecule has 26 heavy (non-hydrogen) atoms. The first-order valence-corrected chi connectivity index (χ1v) is 8.73. The second-order valence-electron chi connectivity index (χ2n) is 7.05. The summed E-state index contributed by atoms with van der Waals surface area (Å²) >= 11 is 0. The Morgan fingerprint density at radius 2 is 2.00 bits per heavy atom. The number of Topliss-reactive ketones (excluding diaryl/α,β-unsaturated/α-hetero) is 1. The highest BCUT2D eigenvalue weighted by molar-refractivity contribution is 5.97. The molecular weight excluding hydrogens is 349 g/mol. The van der Waals surface area contributed by atoms with Crippen molar-refractivity contribution in [1.82, 2.24) is 10.2 Å². The number of ether oxygens (including phenoxy) is 1. The minimum Gasteiger partial charge on any atom is -0.394 e. The number of carbonyl (C=O) groups excluding carboxylic acids is 2. The number of nitrogens with zero attached hydrogens (tertiary/aromatic N) is 1. The molecule has 1 unspecified atom stereocenters. The van der Waals surface area contributed by atoms with Gasteiger partial charge in [0, 0.05) is 12.1 Å². The van der Waals surface area contributed by atoms with Crippen LogP contribution in [0.25, 0.3) is 0 Å². The number of amides is 2. The fourth-order valence-electron chi connectivity index (χ4n) is 3.74. The van der Waals surface area contributed by atoms with Crippen LogP contribution >= 0.6 is 0 Å². The van der Waals surface area contributed by atoms with Gasteiger partial charge in [0.2, 0.25) is 5.66 Å². The van der Waals surface area contributed by atoms with Gasteiger partial charge in [-0.05, 0) is 12.8 Å². The summed E-state index contributed by atoms with van der Waals surface area (Å²) in [6.07, 6.45) is -0.927. The lowest BCUT2D eigenvalue weighted by atomic mass is 9.81. The van der Waals surface area contributed by atoms with E-state index in [1.165, 1.54) is 0 Å². The van der Waals surface area contributed by atoms with Gasteiger partial charge < -0.3 is 25.4 Å². The van der Waals surface area contributed by atoms with Crippen LogP contribution in [0.2, 0.25) is 0 Å². The van der Waals surface area contributed by atoms with Crippen molar-refractivity contribution in [3.05, 3.63) is 12.0 Å². The number of urea groups is 1. The molecule has 2 amide bonds. The van der Waals surface area contributed by atoms with Gasteiger partial charge in [0.1, 0.15) is 18.3 Å². The van der Waals surface area contributed by atoms with Crippen LogP contribution in [0.1, 0.15) is 32.1 Å². The average molecular weight is 373 g/mol. The van der Waals surface area contributed by atoms with Crippen molar-refractivity contribution in [2.75, 3.05) is 6.61 Å². The van der Waals surface area contributed by atoms with Crippen LogP contribution in [0, 0.1) is 5.92 Å². The molecule has 0 aromatic rings. The first-order chi connectivity index (χ1) is 12.3. The molecule has 2 heterocycles. The van der Waals surface area contributed by atoms with Crippen LogP contribution in [0.5, 0.6) is 0 Å². The van der Waals surface area contributed by atoms with E-state index < -0.39 is 60.4 Å². The molecule has 10 heteroatoms. The number of aliphatic hydroxyl groups is 3. The topological polar surface area (TPSA) is 145 Å². The highest BCUT2D eigenvalue weighted by atomic mass is 19.1. The van der Waals surface area contributed by atoms with Gasteiger partial charge in [-0.2, -0.15) is 0 Å². The van der Waals surface area contributed by atoms with Crippen molar-refractivity contribution >= 4 is 11.8 Å². The van der Waals surface area contributed by atoms with E-state index in [1.54, 1.807) is 0 Å². The van der Waals surface area contributed by atoms with Gasteiger partial charge in [-0.1, -0.05) is 19.3 Å². The summed E-state index contributed by atoms with van der Waals surface area (Å²) in [5.41, 5.74) is 3.64. The number of halogens is 1. The maximum atomic E-state index is 14.7. The second-order valence-corrected chi connectivity index (χ2v) is 7.05. The van der Waals surface area contributed by atoms with E-state index in [0.29, 0.717) is 23.9 Å². The Hall–Kier alpha value is -1.59. The summed E-state index contributed by atoms with van der Waals surface area (Å²) in [5, 5.41) is 31.1. The summed E-state index contributed by atoms with van der Waals surface area (Å²) in [5.74, 6) is -2.08. The van der Waals surface area contributed by atoms with E-state index in [-0.39, 0.29) is 0 Å². The summed E-state index contributed by atoms with van der Waals surface area (Å²) < 4.78 is 19.9. The van der Waals surface area contributed by atoms with Crippen molar-refractivity contribution in [2.45, 2.75) is 62.3 Å². The van der Waals surface area contributed by atoms with E-state index in [4.69, 9.17) is 15.6 Å². The first kappa shape index (κ1) is 19.2. The third kappa shape index (κ3) is 3.12. The summed E-state index contributed by atoms with van der Waals surface area (Å²) in [6.45, 7) is -0.586. The van der Waals surface area contributed by atoms with Gasteiger partial charge in [0.05, 0.1) is 6.61 Å². The Labute approximate surface area is 149 Å². The average Bonchev–Trinajstić information content (AvgIpc) is 2.93. The predicted molar refractivity (Wildman–Crippen MR) is 85.8 cm³/mol. The highest BCUT2D eigenvalue weighted by Crippen LogP contribution is 2.33. The zero-order chi connectivity index (χ0) is 19.1. The van der Waals surface area contributed by atoms with Gasteiger partial charge in [-0.15, -0.1) is 0 Å².